The molecule has 1 aliphatic rings. The number of nitrogens with one attached hydrogen (secondary N) is 2. The Morgan fingerprint density at radius 2 is 2.00 bits per heavy atom. The zero-order chi connectivity index (χ0) is 19.8. The molecule has 28 heavy (non-hydrogen) atoms. The van der Waals surface area contributed by atoms with Gasteiger partial charge in [0, 0.05) is 11.6 Å². The second-order valence-corrected chi connectivity index (χ2v) is 8.31. The van der Waals surface area contributed by atoms with E-state index in [4.69, 9.17) is 14.7 Å². The summed E-state index contributed by atoms with van der Waals surface area (Å²) in [5, 5.41) is 19.7. The van der Waals surface area contributed by atoms with Crippen molar-refractivity contribution in [3.63, 3.8) is 0 Å². The fourth-order valence-corrected chi connectivity index (χ4v) is 3.96. The number of para-hydroxylation sites is 1. The number of ether oxygens (including phenoxy) is 2. The van der Waals surface area contributed by atoms with Crippen LogP contribution in [0.1, 0.15) is 5.56 Å². The summed E-state index contributed by atoms with van der Waals surface area (Å²) < 4.78 is 38.4. The van der Waals surface area contributed by atoms with E-state index in [1.165, 1.54) is 30.5 Å². The van der Waals surface area contributed by atoms with Crippen LogP contribution in [0.25, 0.3) is 10.9 Å². The van der Waals surface area contributed by atoms with Crippen molar-refractivity contribution in [3.05, 3.63) is 54.2 Å². The maximum atomic E-state index is 12.7. The van der Waals surface area contributed by atoms with Crippen molar-refractivity contribution < 1.29 is 23.0 Å². The number of benzene rings is 2. The van der Waals surface area contributed by atoms with Crippen LogP contribution in [-0.4, -0.2) is 43.9 Å². The van der Waals surface area contributed by atoms with Crippen LogP contribution in [0.4, 0.5) is 5.69 Å². The normalized spacial score (nSPS) is 15.6. The molecule has 0 unspecified atom stereocenters. The minimum absolute atomic E-state index is 0.0644. The molecule has 0 spiro atoms. The van der Waals surface area contributed by atoms with Gasteiger partial charge in [-0.1, -0.05) is 12.1 Å². The van der Waals surface area contributed by atoms with Crippen LogP contribution in [0.15, 0.2) is 53.6 Å². The molecule has 9 heteroatoms. The van der Waals surface area contributed by atoms with Crippen molar-refractivity contribution in [2.75, 3.05) is 24.5 Å². The topological polar surface area (TPSA) is 124 Å². The van der Waals surface area contributed by atoms with E-state index in [0.29, 0.717) is 27.9 Å². The molecule has 2 heterocycles. The molecule has 8 nitrogen and oxygen atoms in total. The van der Waals surface area contributed by atoms with Gasteiger partial charge in [0.2, 0.25) is 0 Å². The quantitative estimate of drug-likeness (QED) is 0.582. The van der Waals surface area contributed by atoms with Crippen LogP contribution < -0.4 is 9.46 Å². The summed E-state index contributed by atoms with van der Waals surface area (Å²) in [4.78, 5) is 2.99. The number of nitrogens with zero attached hydrogens (tertiary/aromatic N) is 1. The highest BCUT2D eigenvalue weighted by molar-refractivity contribution is 7.92. The number of anilines is 1. The highest BCUT2D eigenvalue weighted by Gasteiger charge is 2.37. The minimum Gasteiger partial charge on any atom is -0.490 e. The maximum Gasteiger partial charge on any atom is 0.261 e. The minimum atomic E-state index is -3.83. The third-order valence-electron chi connectivity index (χ3n) is 4.46. The van der Waals surface area contributed by atoms with Gasteiger partial charge in [-0.05, 0) is 30.3 Å². The summed E-state index contributed by atoms with van der Waals surface area (Å²) in [7, 11) is -3.83. The van der Waals surface area contributed by atoms with E-state index in [-0.39, 0.29) is 24.7 Å². The van der Waals surface area contributed by atoms with Crippen LogP contribution in [0.5, 0.6) is 5.75 Å². The number of hydrogen-bond acceptors (Lipinski definition) is 6. The van der Waals surface area contributed by atoms with Crippen molar-refractivity contribution in [2.45, 2.75) is 10.5 Å². The molecule has 3 aromatic rings. The molecule has 1 aromatic heterocycles. The fourth-order valence-electron chi connectivity index (χ4n) is 2.89. The molecule has 0 radical (unpaired) electrons. The molecule has 0 aliphatic carbocycles. The Bertz CT molecular complexity index is 1160. The summed E-state index contributed by atoms with van der Waals surface area (Å²) in [5.41, 5.74) is 0.352. The summed E-state index contributed by atoms with van der Waals surface area (Å²) in [6.45, 7) is 0.524. The van der Waals surface area contributed by atoms with Gasteiger partial charge in [-0.25, -0.2) is 8.42 Å². The summed E-state index contributed by atoms with van der Waals surface area (Å²) in [6.07, 6.45) is 1.54. The third kappa shape index (κ3) is 3.41. The van der Waals surface area contributed by atoms with E-state index < -0.39 is 15.6 Å². The fraction of sp³-hybridized carbons (Fsp3) is 0.211. The Morgan fingerprint density at radius 3 is 2.64 bits per heavy atom. The molecule has 4 rings (SSSR count). The van der Waals surface area contributed by atoms with Crippen LogP contribution in [0, 0.1) is 11.3 Å². The number of aromatic nitrogens is 1. The second-order valence-electron chi connectivity index (χ2n) is 6.63. The highest BCUT2D eigenvalue weighted by atomic mass is 32.2. The Kier molecular flexibility index (Phi) is 4.47. The lowest BCUT2D eigenvalue weighted by Crippen LogP contribution is -2.53. The maximum absolute atomic E-state index is 12.7. The highest BCUT2D eigenvalue weighted by Crippen LogP contribution is 2.27. The van der Waals surface area contributed by atoms with Crippen molar-refractivity contribution >= 4 is 26.6 Å². The molecule has 3 N–H and O–H groups in total. The first-order chi connectivity index (χ1) is 13.4. The molecular weight excluding hydrogens is 382 g/mol. The van der Waals surface area contributed by atoms with Crippen molar-refractivity contribution in [2.24, 2.45) is 0 Å². The van der Waals surface area contributed by atoms with E-state index >= 15 is 0 Å². The summed E-state index contributed by atoms with van der Waals surface area (Å²) in [6, 6.07) is 13.0. The number of sulfonamides is 1. The van der Waals surface area contributed by atoms with Gasteiger partial charge in [0.1, 0.15) is 24.0 Å². The Balaban J connectivity index is 1.52. The summed E-state index contributed by atoms with van der Waals surface area (Å²) in [5.74, 6) is 0.449. The van der Waals surface area contributed by atoms with Gasteiger partial charge in [0.15, 0.2) is 0 Å². The zero-order valence-electron chi connectivity index (χ0n) is 14.7. The Hall–Kier alpha value is -3.06. The molecule has 0 saturated carbocycles. The average Bonchev–Trinajstić information content (AvgIpc) is 3.09. The van der Waals surface area contributed by atoms with E-state index in [1.807, 2.05) is 0 Å². The van der Waals surface area contributed by atoms with Crippen LogP contribution >= 0.6 is 0 Å². The first-order valence-corrected chi connectivity index (χ1v) is 9.95. The predicted molar refractivity (Wildman–Crippen MR) is 102 cm³/mol. The van der Waals surface area contributed by atoms with E-state index in [9.17, 15) is 13.5 Å². The number of aliphatic hydroxyl groups is 1. The molecule has 2 aromatic carbocycles. The van der Waals surface area contributed by atoms with Crippen molar-refractivity contribution in [1.82, 2.24) is 4.98 Å². The van der Waals surface area contributed by atoms with E-state index in [2.05, 4.69) is 15.8 Å². The van der Waals surface area contributed by atoms with Crippen molar-refractivity contribution in [1.29, 1.82) is 5.26 Å². The monoisotopic (exact) mass is 399 g/mol. The smallest absolute Gasteiger partial charge is 0.261 e. The first kappa shape index (κ1) is 18.3. The Labute approximate surface area is 161 Å². The van der Waals surface area contributed by atoms with Gasteiger partial charge in [0.05, 0.1) is 34.9 Å². The van der Waals surface area contributed by atoms with Gasteiger partial charge in [-0.15, -0.1) is 0 Å². The zero-order valence-corrected chi connectivity index (χ0v) is 15.5. The molecule has 1 saturated heterocycles. The SMILES string of the molecule is N#Cc1c[nH]c2c(NS(=O)(=O)c3ccc(OCC4(O)COC4)cc3)cccc12. The average molecular weight is 399 g/mol. The number of aromatic amines is 1. The lowest BCUT2D eigenvalue weighted by molar-refractivity contribution is -0.192. The number of rotatable bonds is 6. The molecule has 144 valence electrons. The molecule has 1 fully saturated rings. The lowest BCUT2D eigenvalue weighted by Gasteiger charge is -2.35. The molecule has 1 aliphatic heterocycles. The van der Waals surface area contributed by atoms with E-state index in [0.717, 1.165) is 0 Å². The number of fused-ring (bicyclic) bond motifs is 1. The van der Waals surface area contributed by atoms with Gasteiger partial charge in [0.25, 0.3) is 10.0 Å². The van der Waals surface area contributed by atoms with Gasteiger partial charge in [-0.3, -0.25) is 4.72 Å². The number of hydrogen-bond donors (Lipinski definition) is 3. The van der Waals surface area contributed by atoms with E-state index in [1.54, 1.807) is 18.2 Å². The van der Waals surface area contributed by atoms with Gasteiger partial charge in [-0.2, -0.15) is 5.26 Å². The summed E-state index contributed by atoms with van der Waals surface area (Å²) >= 11 is 0. The Morgan fingerprint density at radius 1 is 1.25 bits per heavy atom. The second kappa shape index (κ2) is 6.83. The third-order valence-corrected chi connectivity index (χ3v) is 5.84. The standard InChI is InChI=1S/C19H17N3O5S/c20-8-13-9-21-18-16(13)2-1-3-17(18)22-28(24,25)15-6-4-14(5-7-15)27-12-19(23)10-26-11-19/h1-7,9,21-23H,10-12H2. The first-order valence-electron chi connectivity index (χ1n) is 8.46. The molecule has 0 atom stereocenters. The van der Waals surface area contributed by atoms with Gasteiger partial charge >= 0.3 is 0 Å². The predicted octanol–water partition coefficient (Wildman–Crippen LogP) is 1.98. The lowest BCUT2D eigenvalue weighted by atomic mass is 10.0. The van der Waals surface area contributed by atoms with Crippen molar-refractivity contribution in [3.8, 4) is 11.8 Å². The number of H-pyrrole nitrogens is 1. The van der Waals surface area contributed by atoms with Gasteiger partial charge < -0.3 is 19.6 Å². The van der Waals surface area contributed by atoms with Crippen LogP contribution in [0.3, 0.4) is 0 Å². The molecular formula is C19H17N3O5S. The van der Waals surface area contributed by atoms with Crippen LogP contribution in [-0.2, 0) is 14.8 Å². The molecule has 0 bridgehead atoms. The van der Waals surface area contributed by atoms with Crippen LogP contribution in [0.2, 0.25) is 0 Å². The number of nitriles is 1. The molecule has 0 amide bonds. The largest absolute Gasteiger partial charge is 0.490 e.